The Labute approximate surface area is 221 Å². The molecule has 5 heterocycles. The Bertz CT molecular complexity index is 610. The lowest BCUT2D eigenvalue weighted by atomic mass is 9.79. The number of nitrogens with one attached hydrogen (secondary N) is 6. The van der Waals surface area contributed by atoms with Crippen molar-refractivity contribution in [3.8, 4) is 0 Å². The zero-order chi connectivity index (χ0) is 24.2. The summed E-state index contributed by atoms with van der Waals surface area (Å²) in [5.74, 6) is 0.808. The summed E-state index contributed by atoms with van der Waals surface area (Å²) in [6.45, 7) is 2.44. The molecule has 6 fully saturated rings. The number of piperidine rings is 4. The van der Waals surface area contributed by atoms with Crippen LogP contribution in [0.3, 0.4) is 0 Å². The van der Waals surface area contributed by atoms with Crippen LogP contribution < -0.4 is 31.9 Å². The molecule has 0 aromatic carbocycles. The molecule has 6 heteroatoms. The van der Waals surface area contributed by atoms with E-state index in [9.17, 15) is 0 Å². The van der Waals surface area contributed by atoms with Crippen molar-refractivity contribution in [3.05, 3.63) is 0 Å². The maximum absolute atomic E-state index is 4.23. The zero-order valence-electron chi connectivity index (χ0n) is 22.9. The maximum atomic E-state index is 4.23. The molecule has 8 atom stereocenters. The molecule has 8 unspecified atom stereocenters. The topological polar surface area (TPSA) is 72.2 Å². The van der Waals surface area contributed by atoms with Crippen molar-refractivity contribution >= 4 is 0 Å². The van der Waals surface area contributed by atoms with E-state index in [1.807, 2.05) is 0 Å². The van der Waals surface area contributed by atoms with Gasteiger partial charge in [-0.15, -0.1) is 0 Å². The normalized spacial score (nSPS) is 45.8. The monoisotopic (exact) mass is 500 g/mol. The standard InChI is InChI=1S/C30H56N6/c1-2-10-21(11-3-1)30-35-28(26-16-8-14-24(33-26)22-12-4-6-18-31-22)20-29(36-30)27-17-9-15-25(34-27)23-13-5-7-19-32-23/h21-36H,1-20H2. The molecule has 0 amide bonds. The van der Waals surface area contributed by atoms with Crippen LogP contribution in [-0.2, 0) is 0 Å². The van der Waals surface area contributed by atoms with Crippen LogP contribution in [0.2, 0.25) is 0 Å². The minimum Gasteiger partial charge on any atom is -0.312 e. The van der Waals surface area contributed by atoms with Crippen molar-refractivity contribution in [1.82, 2.24) is 31.9 Å². The minimum atomic E-state index is 0.499. The summed E-state index contributed by atoms with van der Waals surface area (Å²) in [6, 6.07) is 5.18. The molecule has 1 saturated carbocycles. The molecule has 5 aliphatic heterocycles. The number of rotatable bonds is 5. The molecule has 1 aliphatic carbocycles. The molecule has 6 rings (SSSR count). The van der Waals surface area contributed by atoms with E-state index in [1.54, 1.807) is 0 Å². The highest BCUT2D eigenvalue weighted by Crippen LogP contribution is 2.32. The molecule has 5 saturated heterocycles. The Balaban J connectivity index is 1.14. The predicted octanol–water partition coefficient (Wildman–Crippen LogP) is 3.52. The molecular weight excluding hydrogens is 444 g/mol. The molecule has 0 bridgehead atoms. The van der Waals surface area contributed by atoms with Gasteiger partial charge in [-0.3, -0.25) is 10.6 Å². The highest BCUT2D eigenvalue weighted by atomic mass is 15.2. The van der Waals surface area contributed by atoms with E-state index in [-0.39, 0.29) is 0 Å². The fourth-order valence-corrected chi connectivity index (χ4v) is 8.93. The van der Waals surface area contributed by atoms with Crippen LogP contribution in [0.15, 0.2) is 0 Å². The summed E-state index contributed by atoms with van der Waals surface area (Å²) >= 11 is 0. The molecular formula is C30H56N6. The summed E-state index contributed by atoms with van der Waals surface area (Å²) in [5, 5.41) is 24.6. The quantitative estimate of drug-likeness (QED) is 0.347. The molecule has 0 aromatic rings. The van der Waals surface area contributed by atoms with Crippen molar-refractivity contribution in [2.45, 2.75) is 170 Å². The molecule has 36 heavy (non-hydrogen) atoms. The van der Waals surface area contributed by atoms with Crippen molar-refractivity contribution < 1.29 is 0 Å². The lowest BCUT2D eigenvalue weighted by Gasteiger charge is -2.50. The van der Waals surface area contributed by atoms with Gasteiger partial charge >= 0.3 is 0 Å². The Hall–Kier alpha value is -0.240. The van der Waals surface area contributed by atoms with Crippen molar-refractivity contribution in [3.63, 3.8) is 0 Å². The van der Waals surface area contributed by atoms with E-state index in [1.165, 1.54) is 129 Å². The SMILES string of the molecule is C1CCC(C2NC(C3CCCC(C4CCCCN4)N3)CC(C3CCCC(C4CCCCN4)N3)N2)CC1. The van der Waals surface area contributed by atoms with Crippen LogP contribution in [0.5, 0.6) is 0 Å². The third-order valence-corrected chi connectivity index (χ3v) is 11.0. The minimum absolute atomic E-state index is 0.499. The lowest BCUT2D eigenvalue weighted by molar-refractivity contribution is 0.0930. The lowest BCUT2D eigenvalue weighted by Crippen LogP contribution is -2.71. The number of hydrogen-bond acceptors (Lipinski definition) is 6. The first-order valence-electron chi connectivity index (χ1n) is 16.3. The Morgan fingerprint density at radius 3 is 1.25 bits per heavy atom. The average molecular weight is 501 g/mol. The van der Waals surface area contributed by atoms with Crippen LogP contribution in [0.25, 0.3) is 0 Å². The van der Waals surface area contributed by atoms with Crippen LogP contribution in [0.1, 0.15) is 116 Å². The molecule has 0 spiro atoms. The molecule has 0 radical (unpaired) electrons. The van der Waals surface area contributed by atoms with Gasteiger partial charge in [0.2, 0.25) is 0 Å². The summed E-state index contributed by atoms with van der Waals surface area (Å²) in [6.07, 6.45) is 25.3. The summed E-state index contributed by atoms with van der Waals surface area (Å²) in [7, 11) is 0. The van der Waals surface area contributed by atoms with E-state index < -0.39 is 0 Å². The van der Waals surface area contributed by atoms with E-state index in [0.717, 1.165) is 5.92 Å². The van der Waals surface area contributed by atoms with Gasteiger partial charge < -0.3 is 21.3 Å². The largest absolute Gasteiger partial charge is 0.312 e. The highest BCUT2D eigenvalue weighted by Gasteiger charge is 2.42. The van der Waals surface area contributed by atoms with Gasteiger partial charge in [0, 0.05) is 48.3 Å². The van der Waals surface area contributed by atoms with Gasteiger partial charge in [-0.25, -0.2) is 0 Å². The van der Waals surface area contributed by atoms with E-state index in [0.29, 0.717) is 54.5 Å². The average Bonchev–Trinajstić information content (AvgIpc) is 2.98. The third-order valence-electron chi connectivity index (χ3n) is 11.0. The van der Waals surface area contributed by atoms with Crippen molar-refractivity contribution in [2.75, 3.05) is 13.1 Å². The van der Waals surface area contributed by atoms with Crippen molar-refractivity contribution in [2.24, 2.45) is 5.92 Å². The molecule has 6 aliphatic rings. The maximum Gasteiger partial charge on any atom is 0.0606 e. The second-order valence-electron chi connectivity index (χ2n) is 13.4. The van der Waals surface area contributed by atoms with E-state index in [2.05, 4.69) is 31.9 Å². The van der Waals surface area contributed by atoms with Gasteiger partial charge in [-0.2, -0.15) is 0 Å². The van der Waals surface area contributed by atoms with E-state index in [4.69, 9.17) is 0 Å². The van der Waals surface area contributed by atoms with Crippen molar-refractivity contribution in [1.29, 1.82) is 0 Å². The molecule has 6 nitrogen and oxygen atoms in total. The number of hydrogen-bond donors (Lipinski definition) is 6. The molecule has 6 N–H and O–H groups in total. The van der Waals surface area contributed by atoms with Gasteiger partial charge in [0.25, 0.3) is 0 Å². The van der Waals surface area contributed by atoms with Crippen LogP contribution >= 0.6 is 0 Å². The van der Waals surface area contributed by atoms with Crippen LogP contribution in [0, 0.1) is 5.92 Å². The Kier molecular flexibility index (Phi) is 9.21. The smallest absolute Gasteiger partial charge is 0.0606 e. The van der Waals surface area contributed by atoms with Crippen LogP contribution in [0.4, 0.5) is 0 Å². The second kappa shape index (κ2) is 12.7. The zero-order valence-corrected chi connectivity index (χ0v) is 22.9. The Morgan fingerprint density at radius 1 is 0.333 bits per heavy atom. The summed E-state index contributed by atoms with van der Waals surface area (Å²) in [4.78, 5) is 0. The van der Waals surface area contributed by atoms with Crippen LogP contribution in [-0.4, -0.2) is 67.6 Å². The first kappa shape index (κ1) is 26.0. The van der Waals surface area contributed by atoms with E-state index >= 15 is 0 Å². The van der Waals surface area contributed by atoms with Gasteiger partial charge in [-0.05, 0) is 89.6 Å². The second-order valence-corrected chi connectivity index (χ2v) is 13.4. The highest BCUT2D eigenvalue weighted by molar-refractivity contribution is 5.04. The predicted molar refractivity (Wildman–Crippen MR) is 149 cm³/mol. The third kappa shape index (κ3) is 6.31. The van der Waals surface area contributed by atoms with Gasteiger partial charge in [0.05, 0.1) is 6.17 Å². The first-order chi connectivity index (χ1) is 17.8. The fourth-order valence-electron chi connectivity index (χ4n) is 8.93. The molecule has 206 valence electrons. The Morgan fingerprint density at radius 2 is 0.778 bits per heavy atom. The molecule has 0 aromatic heterocycles. The van der Waals surface area contributed by atoms with Gasteiger partial charge in [0.15, 0.2) is 0 Å². The van der Waals surface area contributed by atoms with Gasteiger partial charge in [0.1, 0.15) is 0 Å². The fraction of sp³-hybridized carbons (Fsp3) is 1.00. The summed E-state index contributed by atoms with van der Waals surface area (Å²) < 4.78 is 0. The summed E-state index contributed by atoms with van der Waals surface area (Å²) in [5.41, 5.74) is 0. The first-order valence-corrected chi connectivity index (χ1v) is 16.3. The van der Waals surface area contributed by atoms with Gasteiger partial charge in [-0.1, -0.05) is 44.9 Å².